The van der Waals surface area contributed by atoms with Crippen molar-refractivity contribution in [3.8, 4) is 0 Å². The molecular weight excluding hydrogens is 310 g/mol. The normalized spacial score (nSPS) is 30.2. The van der Waals surface area contributed by atoms with Gasteiger partial charge in [-0.15, -0.1) is 0 Å². The first-order valence-electron chi connectivity index (χ1n) is 7.80. The van der Waals surface area contributed by atoms with Crippen molar-refractivity contribution in [3.63, 3.8) is 0 Å². The standard InChI is InChI=1S/C16H23N5OS/c1-8(9(2)17)12-13(18)14(23-15(12)19)16(22)21-6-10-4-20(3)5-11(10)7-21/h10-11,17,19H,4-7,18H2,1-3H3/b12-8-,17-9?,19-15?. The van der Waals surface area contributed by atoms with E-state index in [0.717, 1.165) is 37.9 Å². The second kappa shape index (κ2) is 5.79. The number of carbonyl (C=O) groups is 1. The highest BCUT2D eigenvalue weighted by Gasteiger charge is 2.42. The number of fused-ring (bicyclic) bond motifs is 1. The quantitative estimate of drug-likeness (QED) is 0.663. The molecule has 6 nitrogen and oxygen atoms in total. The maximum atomic E-state index is 12.8. The maximum absolute atomic E-state index is 12.8. The Bertz CT molecular complexity index is 651. The molecule has 3 heterocycles. The van der Waals surface area contributed by atoms with Crippen LogP contribution in [-0.2, 0) is 4.79 Å². The third-order valence-electron chi connectivity index (χ3n) is 5.03. The molecule has 0 aromatic carbocycles. The van der Waals surface area contributed by atoms with Crippen molar-refractivity contribution in [2.75, 3.05) is 33.2 Å². The van der Waals surface area contributed by atoms with E-state index in [1.54, 1.807) is 13.8 Å². The van der Waals surface area contributed by atoms with Crippen LogP contribution < -0.4 is 5.73 Å². The van der Waals surface area contributed by atoms with E-state index in [1.807, 2.05) is 4.90 Å². The van der Waals surface area contributed by atoms with Gasteiger partial charge in [0, 0.05) is 37.5 Å². The van der Waals surface area contributed by atoms with Gasteiger partial charge in [0.15, 0.2) is 0 Å². The Labute approximate surface area is 140 Å². The van der Waals surface area contributed by atoms with E-state index in [2.05, 4.69) is 11.9 Å². The number of carbonyl (C=O) groups excluding carboxylic acids is 1. The first-order valence-corrected chi connectivity index (χ1v) is 8.62. The summed E-state index contributed by atoms with van der Waals surface area (Å²) in [6.07, 6.45) is 0. The van der Waals surface area contributed by atoms with E-state index in [9.17, 15) is 4.79 Å². The van der Waals surface area contributed by atoms with Gasteiger partial charge in [0.2, 0.25) is 0 Å². The second-order valence-corrected chi connectivity index (χ2v) is 7.77. The van der Waals surface area contributed by atoms with Gasteiger partial charge in [-0.3, -0.25) is 10.2 Å². The molecule has 0 aromatic heterocycles. The van der Waals surface area contributed by atoms with Gasteiger partial charge >= 0.3 is 0 Å². The highest BCUT2D eigenvalue weighted by molar-refractivity contribution is 8.18. The molecule has 2 saturated heterocycles. The molecule has 1 amide bonds. The predicted molar refractivity (Wildman–Crippen MR) is 93.7 cm³/mol. The van der Waals surface area contributed by atoms with Crippen molar-refractivity contribution in [3.05, 3.63) is 21.7 Å². The van der Waals surface area contributed by atoms with E-state index in [-0.39, 0.29) is 11.0 Å². The first-order chi connectivity index (χ1) is 10.8. The number of nitrogens with two attached hydrogens (primary N) is 1. The monoisotopic (exact) mass is 333 g/mol. The van der Waals surface area contributed by atoms with Crippen LogP contribution in [-0.4, -0.2) is 59.7 Å². The molecule has 0 aromatic rings. The average Bonchev–Trinajstić information content (AvgIpc) is 3.08. The molecule has 2 fully saturated rings. The van der Waals surface area contributed by atoms with Crippen LogP contribution in [0.5, 0.6) is 0 Å². The molecule has 0 aliphatic carbocycles. The van der Waals surface area contributed by atoms with Crippen LogP contribution >= 0.6 is 11.8 Å². The number of hydrogen-bond donors (Lipinski definition) is 3. The zero-order valence-electron chi connectivity index (χ0n) is 13.8. The summed E-state index contributed by atoms with van der Waals surface area (Å²) in [7, 11) is 2.12. The zero-order valence-corrected chi connectivity index (χ0v) is 14.6. The molecule has 0 saturated carbocycles. The number of rotatable bonds is 2. The smallest absolute Gasteiger partial charge is 0.262 e. The van der Waals surface area contributed by atoms with Crippen molar-refractivity contribution in [1.29, 1.82) is 10.8 Å². The Balaban J connectivity index is 1.82. The van der Waals surface area contributed by atoms with Gasteiger partial charge in [0.1, 0.15) is 9.95 Å². The van der Waals surface area contributed by atoms with Crippen LogP contribution in [0.3, 0.4) is 0 Å². The number of amides is 1. The molecule has 2 atom stereocenters. The number of allylic oxidation sites excluding steroid dienone is 2. The largest absolute Gasteiger partial charge is 0.397 e. The van der Waals surface area contributed by atoms with Crippen LogP contribution in [0.25, 0.3) is 0 Å². The molecule has 124 valence electrons. The predicted octanol–water partition coefficient (Wildman–Crippen LogP) is 1.26. The van der Waals surface area contributed by atoms with Gasteiger partial charge in [-0.1, -0.05) is 11.8 Å². The lowest BCUT2D eigenvalue weighted by molar-refractivity contribution is -0.125. The van der Waals surface area contributed by atoms with Gasteiger partial charge < -0.3 is 20.9 Å². The van der Waals surface area contributed by atoms with E-state index in [1.165, 1.54) is 0 Å². The van der Waals surface area contributed by atoms with Gasteiger partial charge in [-0.05, 0) is 38.3 Å². The molecule has 7 heteroatoms. The van der Waals surface area contributed by atoms with Crippen LogP contribution in [0.4, 0.5) is 0 Å². The molecule has 0 radical (unpaired) electrons. The summed E-state index contributed by atoms with van der Waals surface area (Å²) >= 11 is 1.13. The number of nitrogens with zero attached hydrogens (tertiary/aromatic N) is 2. The summed E-state index contributed by atoms with van der Waals surface area (Å²) in [6.45, 7) is 7.10. The fourth-order valence-electron chi connectivity index (χ4n) is 3.70. The number of likely N-dealkylation sites (tertiary alicyclic amines) is 2. The minimum Gasteiger partial charge on any atom is -0.397 e. The van der Waals surface area contributed by atoms with E-state index < -0.39 is 0 Å². The van der Waals surface area contributed by atoms with E-state index in [0.29, 0.717) is 39.3 Å². The summed E-state index contributed by atoms with van der Waals surface area (Å²) in [6, 6.07) is 0. The van der Waals surface area contributed by atoms with Crippen molar-refractivity contribution in [1.82, 2.24) is 9.80 Å². The number of nitrogens with one attached hydrogen (secondary N) is 2. The molecule has 4 N–H and O–H groups in total. The van der Waals surface area contributed by atoms with Crippen molar-refractivity contribution in [2.24, 2.45) is 17.6 Å². The van der Waals surface area contributed by atoms with Crippen molar-refractivity contribution in [2.45, 2.75) is 13.8 Å². The lowest BCUT2D eigenvalue weighted by atomic mass is 10.0. The number of hydrogen-bond acceptors (Lipinski definition) is 6. The summed E-state index contributed by atoms with van der Waals surface area (Å²) in [5.74, 6) is 1.05. The summed E-state index contributed by atoms with van der Waals surface area (Å²) < 4.78 is 0. The molecule has 2 unspecified atom stereocenters. The van der Waals surface area contributed by atoms with Crippen LogP contribution in [0.15, 0.2) is 21.7 Å². The molecule has 3 rings (SSSR count). The topological polar surface area (TPSA) is 97.3 Å². The summed E-state index contributed by atoms with van der Waals surface area (Å²) in [5, 5.41) is 16.1. The molecular formula is C16H23N5OS. The maximum Gasteiger partial charge on any atom is 0.262 e. The SMILES string of the molecule is CC(=N)/C(C)=C1\C(=N)SC(C(=O)N2CC3CN(C)CC3C2)=C1N. The van der Waals surface area contributed by atoms with E-state index >= 15 is 0 Å². The Kier molecular flexibility index (Phi) is 4.10. The summed E-state index contributed by atoms with van der Waals surface area (Å²) in [4.78, 5) is 17.5. The van der Waals surface area contributed by atoms with Crippen LogP contribution in [0.2, 0.25) is 0 Å². The molecule has 23 heavy (non-hydrogen) atoms. The lowest BCUT2D eigenvalue weighted by Gasteiger charge is -2.19. The zero-order chi connectivity index (χ0) is 16.9. The fraction of sp³-hybridized carbons (Fsp3) is 0.562. The third-order valence-corrected chi connectivity index (χ3v) is 6.04. The van der Waals surface area contributed by atoms with Crippen LogP contribution in [0, 0.1) is 22.7 Å². The van der Waals surface area contributed by atoms with Crippen molar-refractivity contribution >= 4 is 28.4 Å². The summed E-state index contributed by atoms with van der Waals surface area (Å²) in [5.41, 5.74) is 8.12. The fourth-order valence-corrected chi connectivity index (χ4v) is 4.70. The second-order valence-electron chi connectivity index (χ2n) is 6.75. The molecule has 0 spiro atoms. The highest BCUT2D eigenvalue weighted by Crippen LogP contribution is 2.39. The lowest BCUT2D eigenvalue weighted by Crippen LogP contribution is -2.33. The van der Waals surface area contributed by atoms with Gasteiger partial charge in [-0.25, -0.2) is 0 Å². The average molecular weight is 333 g/mol. The van der Waals surface area contributed by atoms with Crippen LogP contribution in [0.1, 0.15) is 13.8 Å². The highest BCUT2D eigenvalue weighted by atomic mass is 32.2. The first kappa shape index (κ1) is 16.3. The molecule has 3 aliphatic heterocycles. The Morgan fingerprint density at radius 2 is 1.78 bits per heavy atom. The minimum absolute atomic E-state index is 0.0558. The molecule has 0 bridgehead atoms. The Morgan fingerprint density at radius 3 is 2.30 bits per heavy atom. The third kappa shape index (κ3) is 2.72. The minimum atomic E-state index is -0.0558. The Hall–Kier alpha value is -1.60. The van der Waals surface area contributed by atoms with Gasteiger partial charge in [0.25, 0.3) is 5.91 Å². The van der Waals surface area contributed by atoms with E-state index in [4.69, 9.17) is 16.6 Å². The van der Waals surface area contributed by atoms with Crippen molar-refractivity contribution < 1.29 is 4.79 Å². The number of thioether (sulfide) groups is 1. The van der Waals surface area contributed by atoms with Gasteiger partial charge in [-0.2, -0.15) is 0 Å². The Morgan fingerprint density at radius 1 is 1.22 bits per heavy atom. The van der Waals surface area contributed by atoms with Gasteiger partial charge in [0.05, 0.1) is 5.70 Å². The molecule has 3 aliphatic rings.